The molecule has 1 aliphatic rings. The van der Waals surface area contributed by atoms with Crippen LogP contribution in [0.5, 0.6) is 0 Å². The third-order valence-electron chi connectivity index (χ3n) is 6.57. The number of hydrogen-bond donors (Lipinski definition) is 2. The van der Waals surface area contributed by atoms with E-state index in [1.807, 2.05) is 71.9 Å². The van der Waals surface area contributed by atoms with Gasteiger partial charge in [-0.25, -0.2) is 4.98 Å². The van der Waals surface area contributed by atoms with Crippen LogP contribution in [0.15, 0.2) is 79.3 Å². The van der Waals surface area contributed by atoms with Gasteiger partial charge < -0.3 is 15.5 Å². The molecule has 7 heteroatoms. The summed E-state index contributed by atoms with van der Waals surface area (Å²) in [6.07, 6.45) is 5.50. The molecule has 38 heavy (non-hydrogen) atoms. The van der Waals surface area contributed by atoms with Crippen LogP contribution >= 0.6 is 0 Å². The molecular formula is C31H34N6O. The molecular weight excluding hydrogens is 472 g/mol. The molecule has 1 amide bonds. The molecule has 1 aliphatic heterocycles. The topological polar surface area (TPSA) is 83.0 Å². The molecule has 7 nitrogen and oxygen atoms in total. The Morgan fingerprint density at radius 1 is 0.895 bits per heavy atom. The first-order chi connectivity index (χ1) is 18.4. The molecule has 0 aliphatic carbocycles. The second-order valence-electron chi connectivity index (χ2n) is 10.4. The van der Waals surface area contributed by atoms with Crippen molar-refractivity contribution < 1.29 is 4.79 Å². The number of nitrogens with one attached hydrogen (secondary N) is 2. The van der Waals surface area contributed by atoms with Gasteiger partial charge in [0.15, 0.2) is 0 Å². The van der Waals surface area contributed by atoms with Crippen molar-refractivity contribution in [2.75, 3.05) is 18.4 Å². The second kappa shape index (κ2) is 11.1. The second-order valence-corrected chi connectivity index (χ2v) is 10.4. The Balaban J connectivity index is 1.43. The summed E-state index contributed by atoms with van der Waals surface area (Å²) in [5.74, 6) is 0.871. The van der Waals surface area contributed by atoms with E-state index in [2.05, 4.69) is 54.4 Å². The van der Waals surface area contributed by atoms with Crippen molar-refractivity contribution in [2.45, 2.75) is 45.8 Å². The number of anilines is 1. The molecule has 0 saturated carbocycles. The average Bonchev–Trinajstić information content (AvgIpc) is 2.92. The SMILES string of the molecule is CC(C)Nc1cc(-c2cncc(-c3ccc(C(=O)N4CC(C)NC(C)C4)cc3)c2)cc(-c2ccccn2)n1. The van der Waals surface area contributed by atoms with Gasteiger partial charge >= 0.3 is 0 Å². The number of rotatable bonds is 6. The van der Waals surface area contributed by atoms with Gasteiger partial charge in [-0.2, -0.15) is 0 Å². The fraction of sp³-hybridized carbons (Fsp3) is 0.290. The van der Waals surface area contributed by atoms with Gasteiger partial charge in [0, 0.05) is 66.5 Å². The molecule has 0 radical (unpaired) electrons. The first-order valence-corrected chi connectivity index (χ1v) is 13.2. The molecule has 0 spiro atoms. The van der Waals surface area contributed by atoms with E-state index in [4.69, 9.17) is 4.98 Å². The molecule has 1 fully saturated rings. The number of piperazine rings is 1. The predicted molar refractivity (Wildman–Crippen MR) is 153 cm³/mol. The van der Waals surface area contributed by atoms with Gasteiger partial charge in [-0.15, -0.1) is 0 Å². The predicted octanol–water partition coefficient (Wildman–Crippen LogP) is 5.52. The summed E-state index contributed by atoms with van der Waals surface area (Å²) in [7, 11) is 0. The lowest BCUT2D eigenvalue weighted by Crippen LogP contribution is -2.55. The van der Waals surface area contributed by atoms with Crippen LogP contribution in [-0.4, -0.2) is 57.0 Å². The first-order valence-electron chi connectivity index (χ1n) is 13.2. The highest BCUT2D eigenvalue weighted by molar-refractivity contribution is 5.95. The average molecular weight is 507 g/mol. The lowest BCUT2D eigenvalue weighted by molar-refractivity contribution is 0.0674. The van der Waals surface area contributed by atoms with Crippen molar-refractivity contribution in [2.24, 2.45) is 0 Å². The van der Waals surface area contributed by atoms with Crippen molar-refractivity contribution in [3.8, 4) is 33.6 Å². The summed E-state index contributed by atoms with van der Waals surface area (Å²) in [6.45, 7) is 9.85. The molecule has 3 aromatic heterocycles. The summed E-state index contributed by atoms with van der Waals surface area (Å²) in [5.41, 5.74) is 6.32. The van der Waals surface area contributed by atoms with Crippen LogP contribution in [-0.2, 0) is 0 Å². The molecule has 2 unspecified atom stereocenters. The highest BCUT2D eigenvalue weighted by Gasteiger charge is 2.25. The zero-order valence-corrected chi connectivity index (χ0v) is 22.3. The number of carbonyl (C=O) groups is 1. The minimum absolute atomic E-state index is 0.0765. The van der Waals surface area contributed by atoms with E-state index in [1.165, 1.54) is 0 Å². The molecule has 1 saturated heterocycles. The van der Waals surface area contributed by atoms with Crippen LogP contribution < -0.4 is 10.6 Å². The van der Waals surface area contributed by atoms with Crippen molar-refractivity contribution >= 4 is 11.7 Å². The molecule has 5 rings (SSSR count). The van der Waals surface area contributed by atoms with E-state index in [1.54, 1.807) is 6.20 Å². The highest BCUT2D eigenvalue weighted by atomic mass is 16.2. The minimum atomic E-state index is 0.0765. The highest BCUT2D eigenvalue weighted by Crippen LogP contribution is 2.30. The van der Waals surface area contributed by atoms with E-state index in [9.17, 15) is 4.79 Å². The van der Waals surface area contributed by atoms with E-state index in [0.717, 1.165) is 52.5 Å². The molecule has 4 aromatic rings. The lowest BCUT2D eigenvalue weighted by Gasteiger charge is -2.36. The smallest absolute Gasteiger partial charge is 0.253 e. The van der Waals surface area contributed by atoms with E-state index in [0.29, 0.717) is 17.6 Å². The monoisotopic (exact) mass is 506 g/mol. The maximum Gasteiger partial charge on any atom is 0.253 e. The quantitative estimate of drug-likeness (QED) is 0.359. The molecule has 0 bridgehead atoms. The Kier molecular flexibility index (Phi) is 7.47. The number of pyridine rings is 3. The van der Waals surface area contributed by atoms with E-state index >= 15 is 0 Å². The zero-order valence-electron chi connectivity index (χ0n) is 22.3. The van der Waals surface area contributed by atoms with Crippen LogP contribution in [0.25, 0.3) is 33.6 Å². The molecule has 1 aromatic carbocycles. The fourth-order valence-electron chi connectivity index (χ4n) is 4.95. The standard InChI is InChI=1S/C31H34N6O/c1-20(2)34-30-15-25(14-29(36-30)28-7-5-6-12-33-28)27-13-26(16-32-17-27)23-8-10-24(11-9-23)31(38)37-18-21(3)35-22(4)19-37/h5-17,20-22,35H,18-19H2,1-4H3,(H,34,36). The van der Waals surface area contributed by atoms with Gasteiger partial charge in [0.05, 0.1) is 11.4 Å². The van der Waals surface area contributed by atoms with Gasteiger partial charge in [0.2, 0.25) is 0 Å². The summed E-state index contributed by atoms with van der Waals surface area (Å²) >= 11 is 0. The largest absolute Gasteiger partial charge is 0.368 e. The Bertz CT molecular complexity index is 1390. The van der Waals surface area contributed by atoms with E-state index < -0.39 is 0 Å². The Morgan fingerprint density at radius 2 is 1.61 bits per heavy atom. The van der Waals surface area contributed by atoms with Crippen LogP contribution in [0.4, 0.5) is 5.82 Å². The molecule has 4 heterocycles. The fourth-order valence-corrected chi connectivity index (χ4v) is 4.95. The summed E-state index contributed by atoms with van der Waals surface area (Å²) in [5, 5.41) is 6.90. The maximum atomic E-state index is 13.1. The number of amides is 1. The van der Waals surface area contributed by atoms with Crippen LogP contribution in [0.1, 0.15) is 38.1 Å². The van der Waals surface area contributed by atoms with Crippen molar-refractivity contribution in [3.05, 3.63) is 84.8 Å². The first kappa shape index (κ1) is 25.5. The van der Waals surface area contributed by atoms with Gasteiger partial charge in [-0.05, 0) is 81.3 Å². The zero-order chi connectivity index (χ0) is 26.6. The summed E-state index contributed by atoms with van der Waals surface area (Å²) in [4.78, 5) is 28.9. The third kappa shape index (κ3) is 5.89. The maximum absolute atomic E-state index is 13.1. The van der Waals surface area contributed by atoms with Gasteiger partial charge in [0.25, 0.3) is 5.91 Å². The van der Waals surface area contributed by atoms with Crippen LogP contribution in [0.3, 0.4) is 0 Å². The van der Waals surface area contributed by atoms with Gasteiger partial charge in [-0.3, -0.25) is 14.8 Å². The van der Waals surface area contributed by atoms with Crippen LogP contribution in [0, 0.1) is 0 Å². The Morgan fingerprint density at radius 3 is 2.26 bits per heavy atom. The molecule has 2 N–H and O–H groups in total. The van der Waals surface area contributed by atoms with Gasteiger partial charge in [-0.1, -0.05) is 18.2 Å². The number of carbonyl (C=O) groups excluding carboxylic acids is 1. The van der Waals surface area contributed by atoms with Crippen molar-refractivity contribution in [1.29, 1.82) is 0 Å². The third-order valence-corrected chi connectivity index (χ3v) is 6.57. The van der Waals surface area contributed by atoms with Gasteiger partial charge in [0.1, 0.15) is 5.82 Å². The number of hydrogen-bond acceptors (Lipinski definition) is 6. The van der Waals surface area contributed by atoms with Crippen molar-refractivity contribution in [3.63, 3.8) is 0 Å². The Labute approximate surface area is 224 Å². The molecule has 194 valence electrons. The molecule has 2 atom stereocenters. The van der Waals surface area contributed by atoms with E-state index in [-0.39, 0.29) is 11.9 Å². The normalized spacial score (nSPS) is 17.4. The number of aromatic nitrogens is 3. The minimum Gasteiger partial charge on any atom is -0.368 e. The van der Waals surface area contributed by atoms with Crippen molar-refractivity contribution in [1.82, 2.24) is 25.2 Å². The lowest BCUT2D eigenvalue weighted by atomic mass is 10.00. The summed E-state index contributed by atoms with van der Waals surface area (Å²) in [6, 6.07) is 20.7. The number of nitrogens with zero attached hydrogens (tertiary/aromatic N) is 4. The Hall–Kier alpha value is -4.10. The number of benzene rings is 1. The van der Waals surface area contributed by atoms with Crippen LogP contribution in [0.2, 0.25) is 0 Å². The summed E-state index contributed by atoms with van der Waals surface area (Å²) < 4.78 is 0.